The Morgan fingerprint density at radius 2 is 2.27 bits per heavy atom. The standard InChI is InChI=1S/C16H18ClN3O2/c1-11-18-19-15(22-11)10-16(21)20-8-3-2-7-14(20)12-5-4-6-13(17)9-12/h4-6,9,14H,2-3,7-8,10H2,1H3/t14-/m1/s1. The molecule has 0 aliphatic carbocycles. The maximum Gasteiger partial charge on any atom is 0.232 e. The summed E-state index contributed by atoms with van der Waals surface area (Å²) in [4.78, 5) is 14.5. The van der Waals surface area contributed by atoms with Gasteiger partial charge in [-0.3, -0.25) is 4.79 Å². The van der Waals surface area contributed by atoms with Crippen molar-refractivity contribution in [3.8, 4) is 0 Å². The maximum absolute atomic E-state index is 12.6. The summed E-state index contributed by atoms with van der Waals surface area (Å²) in [5.74, 6) is 0.874. The number of hydrogen-bond donors (Lipinski definition) is 0. The summed E-state index contributed by atoms with van der Waals surface area (Å²) < 4.78 is 5.31. The lowest BCUT2D eigenvalue weighted by Crippen LogP contribution is -2.39. The Morgan fingerprint density at radius 3 is 3.00 bits per heavy atom. The van der Waals surface area contributed by atoms with Crippen molar-refractivity contribution in [3.05, 3.63) is 46.6 Å². The average molecular weight is 320 g/mol. The fourth-order valence-corrected chi connectivity index (χ4v) is 3.13. The van der Waals surface area contributed by atoms with Crippen molar-refractivity contribution >= 4 is 17.5 Å². The molecule has 1 aliphatic heterocycles. The number of amides is 1. The summed E-state index contributed by atoms with van der Waals surface area (Å²) in [6, 6.07) is 7.81. The predicted octanol–water partition coefficient (Wildman–Crippen LogP) is 3.33. The first-order chi connectivity index (χ1) is 10.6. The Labute approximate surface area is 134 Å². The summed E-state index contributed by atoms with van der Waals surface area (Å²) in [5, 5.41) is 8.37. The molecule has 0 unspecified atom stereocenters. The fourth-order valence-electron chi connectivity index (χ4n) is 2.93. The largest absolute Gasteiger partial charge is 0.425 e. The summed E-state index contributed by atoms with van der Waals surface area (Å²) >= 11 is 6.09. The normalized spacial score (nSPS) is 18.5. The molecule has 1 saturated heterocycles. The van der Waals surface area contributed by atoms with E-state index < -0.39 is 0 Å². The van der Waals surface area contributed by atoms with Gasteiger partial charge in [-0.2, -0.15) is 0 Å². The molecule has 1 fully saturated rings. The summed E-state index contributed by atoms with van der Waals surface area (Å²) in [6.07, 6.45) is 3.24. The highest BCUT2D eigenvalue weighted by molar-refractivity contribution is 6.30. The van der Waals surface area contributed by atoms with Crippen LogP contribution < -0.4 is 0 Å². The van der Waals surface area contributed by atoms with Gasteiger partial charge in [-0.25, -0.2) is 0 Å². The van der Waals surface area contributed by atoms with Gasteiger partial charge in [-0.1, -0.05) is 23.7 Å². The molecule has 0 saturated carbocycles. The van der Waals surface area contributed by atoms with Crippen LogP contribution in [-0.4, -0.2) is 27.5 Å². The maximum atomic E-state index is 12.6. The van der Waals surface area contributed by atoms with Crippen LogP contribution in [0.25, 0.3) is 0 Å². The van der Waals surface area contributed by atoms with Gasteiger partial charge in [0.1, 0.15) is 6.42 Å². The Kier molecular flexibility index (Phi) is 4.43. The van der Waals surface area contributed by atoms with Crippen LogP contribution in [0.3, 0.4) is 0 Å². The Balaban J connectivity index is 1.78. The van der Waals surface area contributed by atoms with Crippen LogP contribution in [0.5, 0.6) is 0 Å². The number of nitrogens with zero attached hydrogens (tertiary/aromatic N) is 3. The number of benzene rings is 1. The van der Waals surface area contributed by atoms with Crippen LogP contribution in [0.2, 0.25) is 5.02 Å². The zero-order valence-electron chi connectivity index (χ0n) is 12.5. The molecular formula is C16H18ClN3O2. The molecule has 1 amide bonds. The first kappa shape index (κ1) is 15.0. The number of hydrogen-bond acceptors (Lipinski definition) is 4. The predicted molar refractivity (Wildman–Crippen MR) is 82.5 cm³/mol. The molecule has 116 valence electrons. The molecule has 0 bridgehead atoms. The highest BCUT2D eigenvalue weighted by Gasteiger charge is 2.28. The van der Waals surface area contributed by atoms with Gasteiger partial charge in [0.15, 0.2) is 0 Å². The first-order valence-electron chi connectivity index (χ1n) is 7.47. The van der Waals surface area contributed by atoms with Crippen LogP contribution in [-0.2, 0) is 11.2 Å². The highest BCUT2D eigenvalue weighted by Crippen LogP contribution is 2.32. The van der Waals surface area contributed by atoms with Crippen molar-refractivity contribution in [1.82, 2.24) is 15.1 Å². The average Bonchev–Trinajstić information content (AvgIpc) is 2.92. The van der Waals surface area contributed by atoms with E-state index in [2.05, 4.69) is 10.2 Å². The van der Waals surface area contributed by atoms with Gasteiger partial charge < -0.3 is 9.32 Å². The van der Waals surface area contributed by atoms with Gasteiger partial charge in [0.2, 0.25) is 17.7 Å². The third-order valence-electron chi connectivity index (χ3n) is 3.93. The second-order valence-electron chi connectivity index (χ2n) is 5.55. The fraction of sp³-hybridized carbons (Fsp3) is 0.438. The van der Waals surface area contributed by atoms with Gasteiger partial charge in [-0.15, -0.1) is 10.2 Å². The van der Waals surface area contributed by atoms with E-state index in [-0.39, 0.29) is 18.4 Å². The van der Waals surface area contributed by atoms with Crippen molar-refractivity contribution in [2.45, 2.75) is 38.6 Å². The molecule has 5 nitrogen and oxygen atoms in total. The van der Waals surface area contributed by atoms with E-state index in [0.29, 0.717) is 16.8 Å². The second kappa shape index (κ2) is 6.48. The lowest BCUT2D eigenvalue weighted by molar-refractivity contribution is -0.134. The number of carbonyl (C=O) groups is 1. The zero-order chi connectivity index (χ0) is 15.5. The van der Waals surface area contributed by atoms with E-state index >= 15 is 0 Å². The highest BCUT2D eigenvalue weighted by atomic mass is 35.5. The number of aryl methyl sites for hydroxylation is 1. The Hall–Kier alpha value is -1.88. The molecular weight excluding hydrogens is 302 g/mol. The molecule has 1 atom stereocenters. The lowest BCUT2D eigenvalue weighted by Gasteiger charge is -2.36. The topological polar surface area (TPSA) is 59.2 Å². The quantitative estimate of drug-likeness (QED) is 0.870. The first-order valence-corrected chi connectivity index (χ1v) is 7.85. The molecule has 3 rings (SSSR count). The minimum Gasteiger partial charge on any atom is -0.425 e. The van der Waals surface area contributed by atoms with Gasteiger partial charge in [0, 0.05) is 18.5 Å². The van der Waals surface area contributed by atoms with Crippen LogP contribution in [0.4, 0.5) is 0 Å². The minimum atomic E-state index is 0.0216. The number of aromatic nitrogens is 2. The molecule has 0 spiro atoms. The van der Waals surface area contributed by atoms with E-state index in [1.165, 1.54) is 0 Å². The molecule has 1 aromatic carbocycles. The number of likely N-dealkylation sites (tertiary alicyclic amines) is 1. The number of piperidine rings is 1. The van der Waals surface area contributed by atoms with E-state index in [1.807, 2.05) is 29.2 Å². The third-order valence-corrected chi connectivity index (χ3v) is 4.16. The van der Waals surface area contributed by atoms with Gasteiger partial charge in [0.25, 0.3) is 0 Å². The summed E-state index contributed by atoms with van der Waals surface area (Å²) in [6.45, 7) is 2.47. The van der Waals surface area contributed by atoms with Crippen molar-refractivity contribution in [1.29, 1.82) is 0 Å². The van der Waals surface area contributed by atoms with Crippen molar-refractivity contribution in [3.63, 3.8) is 0 Å². The third kappa shape index (κ3) is 3.30. The molecule has 22 heavy (non-hydrogen) atoms. The summed E-state index contributed by atoms with van der Waals surface area (Å²) in [5.41, 5.74) is 1.09. The molecule has 1 aromatic heterocycles. The van der Waals surface area contributed by atoms with Crippen molar-refractivity contribution in [2.24, 2.45) is 0 Å². The number of carbonyl (C=O) groups excluding carboxylic acids is 1. The van der Waals surface area contributed by atoms with E-state index in [0.717, 1.165) is 31.4 Å². The molecule has 2 heterocycles. The van der Waals surface area contributed by atoms with Crippen LogP contribution in [0, 0.1) is 6.92 Å². The van der Waals surface area contributed by atoms with E-state index in [4.69, 9.17) is 16.0 Å². The Bertz CT molecular complexity index is 671. The van der Waals surface area contributed by atoms with Crippen LogP contribution >= 0.6 is 11.6 Å². The zero-order valence-corrected chi connectivity index (χ0v) is 13.2. The number of halogens is 1. The summed E-state index contributed by atoms with van der Waals surface area (Å²) in [7, 11) is 0. The molecule has 0 radical (unpaired) electrons. The Morgan fingerprint density at radius 1 is 1.41 bits per heavy atom. The van der Waals surface area contributed by atoms with E-state index in [9.17, 15) is 4.79 Å². The second-order valence-corrected chi connectivity index (χ2v) is 5.98. The van der Waals surface area contributed by atoms with Crippen molar-refractivity contribution < 1.29 is 9.21 Å². The monoisotopic (exact) mass is 319 g/mol. The van der Waals surface area contributed by atoms with Crippen LogP contribution in [0.1, 0.15) is 42.6 Å². The van der Waals surface area contributed by atoms with Crippen LogP contribution in [0.15, 0.2) is 28.7 Å². The lowest BCUT2D eigenvalue weighted by atomic mass is 9.95. The smallest absolute Gasteiger partial charge is 0.232 e. The molecule has 2 aromatic rings. The SMILES string of the molecule is Cc1nnc(CC(=O)N2CCCC[C@@H]2c2cccc(Cl)c2)o1. The van der Waals surface area contributed by atoms with E-state index in [1.54, 1.807) is 6.92 Å². The molecule has 6 heteroatoms. The van der Waals surface area contributed by atoms with Gasteiger partial charge in [-0.05, 0) is 37.0 Å². The number of rotatable bonds is 3. The molecule has 1 aliphatic rings. The van der Waals surface area contributed by atoms with Gasteiger partial charge in [0.05, 0.1) is 6.04 Å². The van der Waals surface area contributed by atoms with Gasteiger partial charge >= 0.3 is 0 Å². The molecule has 0 N–H and O–H groups in total. The van der Waals surface area contributed by atoms with Crippen molar-refractivity contribution in [2.75, 3.05) is 6.54 Å². The minimum absolute atomic E-state index is 0.0216.